The second kappa shape index (κ2) is 13.6. The Morgan fingerprint density at radius 2 is 1.81 bits per heavy atom. The molecule has 0 saturated carbocycles. The van der Waals surface area contributed by atoms with Crippen LogP contribution in [0.3, 0.4) is 0 Å². The summed E-state index contributed by atoms with van der Waals surface area (Å²) in [5, 5.41) is 1.12. The molecule has 5 rings (SSSR count). The number of esters is 1. The quantitative estimate of drug-likeness (QED) is 0.186. The molecule has 1 aliphatic heterocycles. The third-order valence-corrected chi connectivity index (χ3v) is 8.32. The number of halogens is 2. The summed E-state index contributed by atoms with van der Waals surface area (Å²) in [6.07, 6.45) is 3.09. The summed E-state index contributed by atoms with van der Waals surface area (Å²) in [5.74, 6) is 0.628. The van der Waals surface area contributed by atoms with E-state index in [0.29, 0.717) is 60.7 Å². The van der Waals surface area contributed by atoms with Gasteiger partial charge in [-0.05, 0) is 73.0 Å². The maximum Gasteiger partial charge on any atom is 0.338 e. The minimum absolute atomic E-state index is 0.183. The van der Waals surface area contributed by atoms with Crippen molar-refractivity contribution in [1.82, 2.24) is 4.57 Å². The number of aromatic nitrogens is 1. The van der Waals surface area contributed by atoms with Crippen molar-refractivity contribution in [3.63, 3.8) is 0 Å². The SMILES string of the molecule is CCCC1=C(C(=O)OCC)[C@H](c2cc(Cl)ccc2OC)n2c(s/c(=C/c3cccc(OCc4ccc(Cl)cc4)c3)c2=O)=N1. The molecule has 10 heteroatoms. The van der Waals surface area contributed by atoms with E-state index in [0.717, 1.165) is 17.5 Å². The molecule has 2 heterocycles. The van der Waals surface area contributed by atoms with Crippen LogP contribution in [0.5, 0.6) is 11.5 Å². The van der Waals surface area contributed by atoms with Gasteiger partial charge in [-0.3, -0.25) is 9.36 Å². The molecule has 0 N–H and O–H groups in total. The number of benzene rings is 3. The first kappa shape index (κ1) is 30.6. The van der Waals surface area contributed by atoms with Gasteiger partial charge in [0, 0.05) is 15.6 Å². The molecule has 3 aromatic carbocycles. The lowest BCUT2D eigenvalue weighted by Gasteiger charge is -2.27. The number of hydrogen-bond donors (Lipinski definition) is 0. The second-order valence-electron chi connectivity index (χ2n) is 9.79. The molecular weight excluding hydrogens is 607 g/mol. The maximum absolute atomic E-state index is 14.1. The van der Waals surface area contributed by atoms with Gasteiger partial charge >= 0.3 is 5.97 Å². The highest BCUT2D eigenvalue weighted by Gasteiger charge is 2.36. The average molecular weight is 638 g/mol. The monoisotopic (exact) mass is 636 g/mol. The van der Waals surface area contributed by atoms with E-state index in [1.807, 2.05) is 55.5 Å². The van der Waals surface area contributed by atoms with Crippen LogP contribution in [0.15, 0.2) is 87.8 Å². The molecule has 0 bridgehead atoms. The van der Waals surface area contributed by atoms with Gasteiger partial charge in [-0.2, -0.15) is 0 Å². The molecule has 0 amide bonds. The Hall–Kier alpha value is -3.85. The third-order valence-electron chi connectivity index (χ3n) is 6.85. The standard InChI is InChI=1S/C33H30Cl2N2O5S/c1-4-7-26-29(32(39)41-5-2)30(25-18-23(35)14-15-27(25)40-3)37-31(38)28(43-33(37)36-26)17-21-8-6-9-24(16-21)42-19-20-10-12-22(34)13-11-20/h6,8-18,30H,4-5,7,19H2,1-3H3/b28-17+/t30-/m0/s1. The van der Waals surface area contributed by atoms with Crippen LogP contribution in [0, 0.1) is 0 Å². The molecule has 0 spiro atoms. The number of thiazole rings is 1. The molecule has 1 atom stereocenters. The zero-order chi connectivity index (χ0) is 30.5. The van der Waals surface area contributed by atoms with Gasteiger partial charge in [-0.25, -0.2) is 9.79 Å². The molecule has 43 heavy (non-hydrogen) atoms. The fourth-order valence-electron chi connectivity index (χ4n) is 4.93. The van der Waals surface area contributed by atoms with Crippen LogP contribution in [-0.4, -0.2) is 24.3 Å². The Morgan fingerprint density at radius 3 is 2.53 bits per heavy atom. The van der Waals surface area contributed by atoms with Crippen LogP contribution in [0.2, 0.25) is 10.0 Å². The highest BCUT2D eigenvalue weighted by molar-refractivity contribution is 7.07. The van der Waals surface area contributed by atoms with Crippen molar-refractivity contribution in [1.29, 1.82) is 0 Å². The van der Waals surface area contributed by atoms with Gasteiger partial charge in [-0.1, -0.05) is 72.1 Å². The van der Waals surface area contributed by atoms with Gasteiger partial charge in [0.1, 0.15) is 24.1 Å². The summed E-state index contributed by atoms with van der Waals surface area (Å²) in [6, 6.07) is 19.3. The largest absolute Gasteiger partial charge is 0.496 e. The summed E-state index contributed by atoms with van der Waals surface area (Å²) in [7, 11) is 1.54. The number of rotatable bonds is 10. The fraction of sp³-hybridized carbons (Fsp3) is 0.242. The molecule has 4 aromatic rings. The van der Waals surface area contributed by atoms with Gasteiger partial charge in [0.15, 0.2) is 4.80 Å². The summed E-state index contributed by atoms with van der Waals surface area (Å²) in [4.78, 5) is 32.8. The van der Waals surface area contributed by atoms with Crippen LogP contribution in [0.4, 0.5) is 0 Å². The van der Waals surface area contributed by atoms with E-state index >= 15 is 0 Å². The number of fused-ring (bicyclic) bond motifs is 1. The molecule has 0 radical (unpaired) electrons. The molecule has 7 nitrogen and oxygen atoms in total. The number of methoxy groups -OCH3 is 1. The van der Waals surface area contributed by atoms with E-state index in [2.05, 4.69) is 0 Å². The van der Waals surface area contributed by atoms with Crippen LogP contribution in [0.1, 0.15) is 49.4 Å². The first-order valence-corrected chi connectivity index (χ1v) is 15.4. The second-order valence-corrected chi connectivity index (χ2v) is 11.7. The summed E-state index contributed by atoms with van der Waals surface area (Å²) in [6.45, 7) is 4.32. The number of carbonyl (C=O) groups excluding carboxylic acids is 1. The molecule has 1 aromatic heterocycles. The lowest BCUT2D eigenvalue weighted by atomic mass is 9.93. The first-order chi connectivity index (χ1) is 20.8. The fourth-order valence-corrected chi connectivity index (χ4v) is 6.25. The molecule has 0 fully saturated rings. The predicted octanol–water partition coefficient (Wildman–Crippen LogP) is 6.47. The van der Waals surface area contributed by atoms with E-state index in [9.17, 15) is 9.59 Å². The van der Waals surface area contributed by atoms with Crippen molar-refractivity contribution in [3.8, 4) is 11.5 Å². The topological polar surface area (TPSA) is 79.1 Å². The lowest BCUT2D eigenvalue weighted by molar-refractivity contribution is -0.139. The van der Waals surface area contributed by atoms with E-state index in [4.69, 9.17) is 42.4 Å². The number of nitrogens with zero attached hydrogens (tertiary/aromatic N) is 2. The minimum Gasteiger partial charge on any atom is -0.496 e. The highest BCUT2D eigenvalue weighted by atomic mass is 35.5. The van der Waals surface area contributed by atoms with E-state index in [1.165, 1.54) is 15.9 Å². The van der Waals surface area contributed by atoms with Crippen LogP contribution >= 0.6 is 34.5 Å². The first-order valence-electron chi connectivity index (χ1n) is 13.9. The number of allylic oxidation sites excluding steroid dienone is 1. The summed E-state index contributed by atoms with van der Waals surface area (Å²) in [5.41, 5.74) is 2.95. The molecule has 1 aliphatic rings. The molecule has 0 unspecified atom stereocenters. The lowest BCUT2D eigenvalue weighted by Crippen LogP contribution is -2.40. The van der Waals surface area contributed by atoms with Gasteiger partial charge in [0.05, 0.1) is 29.5 Å². The van der Waals surface area contributed by atoms with Crippen molar-refractivity contribution >= 4 is 46.6 Å². The van der Waals surface area contributed by atoms with Crippen molar-refractivity contribution in [2.45, 2.75) is 39.3 Å². The Bertz CT molecular complexity index is 1860. The number of hydrogen-bond acceptors (Lipinski definition) is 7. The predicted molar refractivity (Wildman–Crippen MR) is 170 cm³/mol. The van der Waals surface area contributed by atoms with Crippen molar-refractivity contribution in [2.24, 2.45) is 4.99 Å². The van der Waals surface area contributed by atoms with Gasteiger partial charge in [0.25, 0.3) is 5.56 Å². The molecule has 222 valence electrons. The smallest absolute Gasteiger partial charge is 0.338 e. The minimum atomic E-state index is -0.832. The molecule has 0 saturated heterocycles. The van der Waals surface area contributed by atoms with E-state index in [-0.39, 0.29) is 12.2 Å². The maximum atomic E-state index is 14.1. The van der Waals surface area contributed by atoms with Crippen LogP contribution in [-0.2, 0) is 16.1 Å². The Morgan fingerprint density at radius 1 is 1.05 bits per heavy atom. The van der Waals surface area contributed by atoms with Crippen molar-refractivity contribution < 1.29 is 19.0 Å². The van der Waals surface area contributed by atoms with Gasteiger partial charge < -0.3 is 14.2 Å². The zero-order valence-corrected chi connectivity index (χ0v) is 26.3. The molecular formula is C33H30Cl2N2O5S. The number of ether oxygens (including phenoxy) is 3. The highest BCUT2D eigenvalue weighted by Crippen LogP contribution is 2.38. The summed E-state index contributed by atoms with van der Waals surface area (Å²) < 4.78 is 19.1. The zero-order valence-electron chi connectivity index (χ0n) is 23.9. The van der Waals surface area contributed by atoms with Crippen molar-refractivity contribution in [3.05, 3.63) is 124 Å². The van der Waals surface area contributed by atoms with Crippen LogP contribution in [0.25, 0.3) is 6.08 Å². The van der Waals surface area contributed by atoms with Gasteiger partial charge in [-0.15, -0.1) is 0 Å². The van der Waals surface area contributed by atoms with Crippen LogP contribution < -0.4 is 24.4 Å². The van der Waals surface area contributed by atoms with E-state index < -0.39 is 12.0 Å². The number of carbonyl (C=O) groups is 1. The third kappa shape index (κ3) is 6.72. The average Bonchev–Trinajstić information content (AvgIpc) is 3.30. The van der Waals surface area contributed by atoms with E-state index in [1.54, 1.807) is 38.3 Å². The van der Waals surface area contributed by atoms with Gasteiger partial charge in [0.2, 0.25) is 0 Å². The summed E-state index contributed by atoms with van der Waals surface area (Å²) >= 11 is 13.7. The Kier molecular flexibility index (Phi) is 9.70. The molecule has 0 aliphatic carbocycles. The Labute approximate surface area is 263 Å². The van der Waals surface area contributed by atoms with Crippen molar-refractivity contribution in [2.75, 3.05) is 13.7 Å². The Balaban J connectivity index is 1.62. The normalized spacial score (nSPS) is 14.7.